The Kier molecular flexibility index (Phi) is 4.93. The summed E-state index contributed by atoms with van der Waals surface area (Å²) in [4.78, 5) is 13.9. The van der Waals surface area contributed by atoms with Crippen LogP contribution in [0.5, 0.6) is 0 Å². The molecule has 1 amide bonds. The molecule has 1 fully saturated rings. The molecule has 0 radical (unpaired) electrons. The molecular weight excluding hydrogens is 240 g/mol. The number of amides is 1. The molecule has 0 spiro atoms. The number of nitrogens with zero attached hydrogens (tertiary/aromatic N) is 1. The van der Waals surface area contributed by atoms with Gasteiger partial charge in [0.05, 0.1) is 6.04 Å². The number of carbonyl (C=O) groups excluding carboxylic acids is 1. The molecule has 0 bridgehead atoms. The van der Waals surface area contributed by atoms with Crippen LogP contribution in [0.1, 0.15) is 31.4 Å². The summed E-state index contributed by atoms with van der Waals surface area (Å²) in [5, 5.41) is 12.1. The van der Waals surface area contributed by atoms with Crippen molar-refractivity contribution in [1.29, 1.82) is 0 Å². The number of hydrogen-bond donors (Lipinski definition) is 2. The standard InChI is InChI=1S/C15H22N2O2/c1-12(18)15(19)16-11-14(17-9-5-6-10-17)13-7-3-2-4-8-13/h2-4,7-8,12,14,18H,5-6,9-11H2,1H3,(H,16,19). The molecule has 2 N–H and O–H groups in total. The molecule has 0 aromatic heterocycles. The maximum absolute atomic E-state index is 11.5. The van der Waals surface area contributed by atoms with Crippen LogP contribution in [0.2, 0.25) is 0 Å². The van der Waals surface area contributed by atoms with E-state index in [1.807, 2.05) is 18.2 Å². The van der Waals surface area contributed by atoms with E-state index in [1.54, 1.807) is 0 Å². The highest BCUT2D eigenvalue weighted by Crippen LogP contribution is 2.24. The normalized spacial score (nSPS) is 19.1. The highest BCUT2D eigenvalue weighted by atomic mass is 16.3. The van der Waals surface area contributed by atoms with Gasteiger partial charge in [-0.2, -0.15) is 0 Å². The van der Waals surface area contributed by atoms with Crippen molar-refractivity contribution in [3.63, 3.8) is 0 Å². The van der Waals surface area contributed by atoms with Crippen molar-refractivity contribution in [2.75, 3.05) is 19.6 Å². The van der Waals surface area contributed by atoms with Crippen molar-refractivity contribution < 1.29 is 9.90 Å². The molecule has 0 aliphatic carbocycles. The van der Waals surface area contributed by atoms with Crippen molar-refractivity contribution in [3.8, 4) is 0 Å². The molecule has 1 aromatic carbocycles. The minimum Gasteiger partial charge on any atom is -0.384 e. The molecule has 1 heterocycles. The smallest absolute Gasteiger partial charge is 0.248 e. The fourth-order valence-electron chi connectivity index (χ4n) is 2.53. The average Bonchev–Trinajstić information content (AvgIpc) is 2.94. The zero-order valence-corrected chi connectivity index (χ0v) is 11.4. The molecule has 2 unspecified atom stereocenters. The first kappa shape index (κ1) is 14.0. The first-order chi connectivity index (χ1) is 9.18. The minimum absolute atomic E-state index is 0.200. The summed E-state index contributed by atoms with van der Waals surface area (Å²) in [5.41, 5.74) is 1.22. The predicted octanol–water partition coefficient (Wildman–Crippen LogP) is 1.32. The molecule has 19 heavy (non-hydrogen) atoms. The lowest BCUT2D eigenvalue weighted by atomic mass is 10.1. The minimum atomic E-state index is -0.949. The maximum atomic E-state index is 11.5. The van der Waals surface area contributed by atoms with Gasteiger partial charge in [-0.05, 0) is 38.4 Å². The van der Waals surface area contributed by atoms with Gasteiger partial charge in [0.15, 0.2) is 0 Å². The number of likely N-dealkylation sites (tertiary alicyclic amines) is 1. The Morgan fingerprint density at radius 1 is 1.32 bits per heavy atom. The van der Waals surface area contributed by atoms with E-state index >= 15 is 0 Å². The number of nitrogens with one attached hydrogen (secondary N) is 1. The number of carbonyl (C=O) groups is 1. The molecule has 4 heteroatoms. The molecule has 104 valence electrons. The SMILES string of the molecule is CC(O)C(=O)NCC(c1ccccc1)N1CCCC1. The Morgan fingerprint density at radius 3 is 2.53 bits per heavy atom. The second kappa shape index (κ2) is 6.68. The fraction of sp³-hybridized carbons (Fsp3) is 0.533. The van der Waals surface area contributed by atoms with E-state index in [1.165, 1.54) is 25.3 Å². The van der Waals surface area contributed by atoms with Gasteiger partial charge in [0, 0.05) is 6.54 Å². The third-order valence-corrected chi connectivity index (χ3v) is 3.61. The van der Waals surface area contributed by atoms with E-state index in [4.69, 9.17) is 0 Å². The summed E-state index contributed by atoms with van der Waals surface area (Å²) >= 11 is 0. The summed E-state index contributed by atoms with van der Waals surface area (Å²) in [5.74, 6) is -0.305. The van der Waals surface area contributed by atoms with Crippen molar-refractivity contribution in [2.45, 2.75) is 31.9 Å². The summed E-state index contributed by atoms with van der Waals surface area (Å²) in [6, 6.07) is 10.4. The molecule has 1 saturated heterocycles. The van der Waals surface area contributed by atoms with Crippen LogP contribution in [0.4, 0.5) is 0 Å². The van der Waals surface area contributed by atoms with Gasteiger partial charge in [-0.1, -0.05) is 30.3 Å². The van der Waals surface area contributed by atoms with Crippen LogP contribution in [0, 0.1) is 0 Å². The zero-order chi connectivity index (χ0) is 13.7. The lowest BCUT2D eigenvalue weighted by molar-refractivity contribution is -0.128. The number of hydrogen-bond acceptors (Lipinski definition) is 3. The first-order valence-electron chi connectivity index (χ1n) is 6.93. The van der Waals surface area contributed by atoms with Gasteiger partial charge in [0.2, 0.25) is 5.91 Å². The lowest BCUT2D eigenvalue weighted by Crippen LogP contribution is -2.40. The maximum Gasteiger partial charge on any atom is 0.248 e. The first-order valence-corrected chi connectivity index (χ1v) is 6.93. The van der Waals surface area contributed by atoms with Crippen LogP contribution < -0.4 is 5.32 Å². The molecular formula is C15H22N2O2. The van der Waals surface area contributed by atoms with Gasteiger partial charge in [-0.25, -0.2) is 0 Å². The van der Waals surface area contributed by atoms with E-state index in [2.05, 4.69) is 22.3 Å². The molecule has 0 saturated carbocycles. The number of aliphatic hydroxyl groups is 1. The van der Waals surface area contributed by atoms with Crippen LogP contribution in [0.25, 0.3) is 0 Å². The monoisotopic (exact) mass is 262 g/mol. The van der Waals surface area contributed by atoms with Gasteiger partial charge in [-0.3, -0.25) is 9.69 Å². The van der Waals surface area contributed by atoms with Gasteiger partial charge in [-0.15, -0.1) is 0 Å². The Labute approximate surface area is 114 Å². The quantitative estimate of drug-likeness (QED) is 0.841. The summed E-state index contributed by atoms with van der Waals surface area (Å²) in [7, 11) is 0. The third kappa shape index (κ3) is 3.78. The van der Waals surface area contributed by atoms with Crippen molar-refractivity contribution >= 4 is 5.91 Å². The number of rotatable bonds is 5. The molecule has 1 aliphatic heterocycles. The Bertz CT molecular complexity index is 400. The van der Waals surface area contributed by atoms with Crippen LogP contribution in [0.3, 0.4) is 0 Å². The number of aliphatic hydroxyl groups excluding tert-OH is 1. The van der Waals surface area contributed by atoms with Crippen LogP contribution in [0.15, 0.2) is 30.3 Å². The second-order valence-electron chi connectivity index (χ2n) is 5.09. The van der Waals surface area contributed by atoms with Crippen molar-refractivity contribution in [1.82, 2.24) is 10.2 Å². The van der Waals surface area contributed by atoms with Gasteiger partial charge in [0.1, 0.15) is 6.10 Å². The van der Waals surface area contributed by atoms with Crippen LogP contribution >= 0.6 is 0 Å². The summed E-state index contributed by atoms with van der Waals surface area (Å²) < 4.78 is 0. The van der Waals surface area contributed by atoms with Crippen molar-refractivity contribution in [2.24, 2.45) is 0 Å². The highest BCUT2D eigenvalue weighted by molar-refractivity contribution is 5.80. The lowest BCUT2D eigenvalue weighted by Gasteiger charge is -2.28. The molecule has 1 aromatic rings. The zero-order valence-electron chi connectivity index (χ0n) is 11.4. The van der Waals surface area contributed by atoms with Crippen molar-refractivity contribution in [3.05, 3.63) is 35.9 Å². The van der Waals surface area contributed by atoms with Gasteiger partial charge >= 0.3 is 0 Å². The number of benzene rings is 1. The topological polar surface area (TPSA) is 52.6 Å². The fourth-order valence-corrected chi connectivity index (χ4v) is 2.53. The van der Waals surface area contributed by atoms with E-state index in [0.717, 1.165) is 13.1 Å². The second-order valence-corrected chi connectivity index (χ2v) is 5.09. The van der Waals surface area contributed by atoms with E-state index in [9.17, 15) is 9.90 Å². The Morgan fingerprint density at radius 2 is 1.95 bits per heavy atom. The average molecular weight is 262 g/mol. The van der Waals surface area contributed by atoms with E-state index < -0.39 is 6.10 Å². The van der Waals surface area contributed by atoms with Crippen LogP contribution in [-0.4, -0.2) is 41.7 Å². The molecule has 2 rings (SSSR count). The molecule has 4 nitrogen and oxygen atoms in total. The van der Waals surface area contributed by atoms with Gasteiger partial charge < -0.3 is 10.4 Å². The predicted molar refractivity (Wildman–Crippen MR) is 74.7 cm³/mol. The Balaban J connectivity index is 2.04. The summed E-state index contributed by atoms with van der Waals surface area (Å²) in [6.45, 7) is 4.19. The Hall–Kier alpha value is -1.39. The molecule has 2 atom stereocenters. The van der Waals surface area contributed by atoms with Gasteiger partial charge in [0.25, 0.3) is 0 Å². The third-order valence-electron chi connectivity index (χ3n) is 3.61. The largest absolute Gasteiger partial charge is 0.384 e. The van der Waals surface area contributed by atoms with E-state index in [-0.39, 0.29) is 11.9 Å². The van der Waals surface area contributed by atoms with Crippen LogP contribution in [-0.2, 0) is 4.79 Å². The highest BCUT2D eigenvalue weighted by Gasteiger charge is 2.24. The summed E-state index contributed by atoms with van der Waals surface area (Å²) in [6.07, 6.45) is 1.48. The molecule has 1 aliphatic rings. The van der Waals surface area contributed by atoms with E-state index in [0.29, 0.717) is 6.54 Å².